The second-order valence-corrected chi connectivity index (χ2v) is 5.21. The molecule has 0 aliphatic carbocycles. The number of nitrogens with one attached hydrogen (secondary N) is 3. The van der Waals surface area contributed by atoms with Gasteiger partial charge >= 0.3 is 0 Å². The number of carbonyl (C=O) groups excluding carboxylic acids is 1. The SMILES string of the molecule is CNCCC[C@@H](CNC(=O)[C@@H](N)CC(C)C)NC. The largest absolute Gasteiger partial charge is 0.353 e. The van der Waals surface area contributed by atoms with Crippen LogP contribution >= 0.6 is 0 Å². The Hall–Kier alpha value is -0.650. The summed E-state index contributed by atoms with van der Waals surface area (Å²) >= 11 is 0. The van der Waals surface area contributed by atoms with Crippen LogP contribution in [0.1, 0.15) is 33.1 Å². The molecule has 0 unspecified atom stereocenters. The van der Waals surface area contributed by atoms with Crippen molar-refractivity contribution in [1.82, 2.24) is 16.0 Å². The summed E-state index contributed by atoms with van der Waals surface area (Å²) < 4.78 is 0. The smallest absolute Gasteiger partial charge is 0.236 e. The number of hydrogen-bond acceptors (Lipinski definition) is 4. The highest BCUT2D eigenvalue weighted by Gasteiger charge is 2.15. The Morgan fingerprint density at radius 2 is 1.94 bits per heavy atom. The zero-order chi connectivity index (χ0) is 14.0. The van der Waals surface area contributed by atoms with Crippen LogP contribution in [0.2, 0.25) is 0 Å². The van der Waals surface area contributed by atoms with E-state index in [2.05, 4.69) is 29.8 Å². The Morgan fingerprint density at radius 3 is 2.44 bits per heavy atom. The monoisotopic (exact) mass is 258 g/mol. The minimum Gasteiger partial charge on any atom is -0.353 e. The van der Waals surface area contributed by atoms with Gasteiger partial charge in [0.2, 0.25) is 5.91 Å². The van der Waals surface area contributed by atoms with Crippen LogP contribution in [-0.4, -0.2) is 45.2 Å². The molecule has 0 aliphatic heterocycles. The molecule has 5 nitrogen and oxygen atoms in total. The van der Waals surface area contributed by atoms with Crippen molar-refractivity contribution >= 4 is 5.91 Å². The van der Waals surface area contributed by atoms with E-state index >= 15 is 0 Å². The van der Waals surface area contributed by atoms with E-state index in [9.17, 15) is 4.79 Å². The average Bonchev–Trinajstić information content (AvgIpc) is 2.32. The molecule has 5 heteroatoms. The van der Waals surface area contributed by atoms with Crippen molar-refractivity contribution in [2.24, 2.45) is 11.7 Å². The lowest BCUT2D eigenvalue weighted by atomic mass is 10.0. The van der Waals surface area contributed by atoms with Gasteiger partial charge in [0, 0.05) is 12.6 Å². The number of nitrogens with two attached hydrogens (primary N) is 1. The van der Waals surface area contributed by atoms with E-state index in [0.29, 0.717) is 18.5 Å². The lowest BCUT2D eigenvalue weighted by Crippen LogP contribution is -2.46. The first-order valence-electron chi connectivity index (χ1n) is 6.86. The first-order valence-corrected chi connectivity index (χ1v) is 6.86. The van der Waals surface area contributed by atoms with E-state index in [1.807, 2.05) is 14.1 Å². The first kappa shape index (κ1) is 17.4. The van der Waals surface area contributed by atoms with Crippen LogP contribution < -0.4 is 21.7 Å². The summed E-state index contributed by atoms with van der Waals surface area (Å²) in [6.45, 7) is 5.78. The van der Waals surface area contributed by atoms with E-state index in [1.54, 1.807) is 0 Å². The van der Waals surface area contributed by atoms with Gasteiger partial charge in [0.25, 0.3) is 0 Å². The molecule has 0 fully saturated rings. The lowest BCUT2D eigenvalue weighted by Gasteiger charge is -2.19. The van der Waals surface area contributed by atoms with Gasteiger partial charge < -0.3 is 21.7 Å². The fourth-order valence-electron chi connectivity index (χ4n) is 1.84. The second-order valence-electron chi connectivity index (χ2n) is 5.21. The molecule has 108 valence electrons. The highest BCUT2D eigenvalue weighted by molar-refractivity contribution is 5.81. The minimum atomic E-state index is -0.389. The quantitative estimate of drug-likeness (QED) is 0.418. The van der Waals surface area contributed by atoms with Gasteiger partial charge in [-0.3, -0.25) is 4.79 Å². The molecule has 0 radical (unpaired) electrons. The molecular weight excluding hydrogens is 228 g/mol. The summed E-state index contributed by atoms with van der Waals surface area (Å²) in [5, 5.41) is 9.25. The van der Waals surface area contributed by atoms with Crippen LogP contribution in [0.5, 0.6) is 0 Å². The highest BCUT2D eigenvalue weighted by Crippen LogP contribution is 2.02. The molecule has 0 spiro atoms. The Balaban J connectivity index is 3.85. The Kier molecular flexibility index (Phi) is 9.92. The van der Waals surface area contributed by atoms with E-state index in [1.165, 1.54) is 0 Å². The maximum Gasteiger partial charge on any atom is 0.236 e. The Bertz CT molecular complexity index is 221. The normalized spacial score (nSPS) is 14.6. The Morgan fingerprint density at radius 1 is 1.28 bits per heavy atom. The van der Waals surface area contributed by atoms with Gasteiger partial charge in [-0.25, -0.2) is 0 Å². The molecule has 0 saturated carbocycles. The maximum absolute atomic E-state index is 11.8. The molecule has 1 amide bonds. The van der Waals surface area contributed by atoms with E-state index < -0.39 is 0 Å². The molecule has 0 aromatic heterocycles. The van der Waals surface area contributed by atoms with Gasteiger partial charge in [0.15, 0.2) is 0 Å². The molecule has 0 aromatic rings. The summed E-state index contributed by atoms with van der Waals surface area (Å²) in [5.41, 5.74) is 5.83. The van der Waals surface area contributed by atoms with Crippen molar-refractivity contribution < 1.29 is 4.79 Å². The molecule has 0 rings (SSSR count). The van der Waals surface area contributed by atoms with Crippen LogP contribution in [-0.2, 0) is 4.79 Å². The second kappa shape index (κ2) is 10.3. The molecule has 0 heterocycles. The fourth-order valence-corrected chi connectivity index (χ4v) is 1.84. The zero-order valence-corrected chi connectivity index (χ0v) is 12.3. The fraction of sp³-hybridized carbons (Fsp3) is 0.923. The number of rotatable bonds is 10. The summed E-state index contributed by atoms with van der Waals surface area (Å²) in [4.78, 5) is 11.8. The van der Waals surface area contributed by atoms with Crippen molar-refractivity contribution in [2.45, 2.75) is 45.2 Å². The van der Waals surface area contributed by atoms with E-state index in [-0.39, 0.29) is 11.9 Å². The summed E-state index contributed by atoms with van der Waals surface area (Å²) in [6.07, 6.45) is 2.86. The van der Waals surface area contributed by atoms with Crippen LogP contribution in [0.4, 0.5) is 0 Å². The number of hydrogen-bond donors (Lipinski definition) is 4. The number of carbonyl (C=O) groups is 1. The molecule has 0 aliphatic rings. The lowest BCUT2D eigenvalue weighted by molar-refractivity contribution is -0.122. The van der Waals surface area contributed by atoms with Crippen molar-refractivity contribution in [1.29, 1.82) is 0 Å². The standard InChI is InChI=1S/C13H30N4O/c1-10(2)8-12(14)13(18)17-9-11(16-4)6-5-7-15-3/h10-12,15-16H,5-9,14H2,1-4H3,(H,17,18)/t11-,12-/m0/s1. The predicted molar refractivity (Wildman–Crippen MR) is 76.4 cm³/mol. The number of amides is 1. The van der Waals surface area contributed by atoms with E-state index in [4.69, 9.17) is 5.73 Å². The first-order chi connectivity index (χ1) is 8.51. The third-order valence-electron chi connectivity index (χ3n) is 2.97. The van der Waals surface area contributed by atoms with Crippen LogP contribution in [0.25, 0.3) is 0 Å². The maximum atomic E-state index is 11.8. The van der Waals surface area contributed by atoms with Gasteiger partial charge in [-0.05, 0) is 45.8 Å². The van der Waals surface area contributed by atoms with Gasteiger partial charge in [0.1, 0.15) is 0 Å². The zero-order valence-electron chi connectivity index (χ0n) is 12.3. The summed E-state index contributed by atoms with van der Waals surface area (Å²) in [5.74, 6) is 0.402. The van der Waals surface area contributed by atoms with Crippen molar-refractivity contribution in [3.63, 3.8) is 0 Å². The average molecular weight is 258 g/mol. The van der Waals surface area contributed by atoms with Gasteiger partial charge in [-0.2, -0.15) is 0 Å². The summed E-state index contributed by atoms with van der Waals surface area (Å²) in [7, 11) is 3.87. The predicted octanol–water partition coefficient (Wildman–Crippen LogP) is 0.0636. The third kappa shape index (κ3) is 8.44. The van der Waals surface area contributed by atoms with Crippen molar-refractivity contribution in [2.75, 3.05) is 27.2 Å². The van der Waals surface area contributed by atoms with Gasteiger partial charge in [-0.15, -0.1) is 0 Å². The minimum absolute atomic E-state index is 0.0439. The third-order valence-corrected chi connectivity index (χ3v) is 2.97. The molecule has 0 aromatic carbocycles. The molecule has 2 atom stereocenters. The van der Waals surface area contributed by atoms with Crippen LogP contribution in [0.3, 0.4) is 0 Å². The molecule has 18 heavy (non-hydrogen) atoms. The topological polar surface area (TPSA) is 79.2 Å². The van der Waals surface area contributed by atoms with Crippen LogP contribution in [0.15, 0.2) is 0 Å². The van der Waals surface area contributed by atoms with Crippen LogP contribution in [0, 0.1) is 5.92 Å². The summed E-state index contributed by atoms with van der Waals surface area (Å²) in [6, 6.07) is -0.0756. The molecule has 0 saturated heterocycles. The molecule has 5 N–H and O–H groups in total. The number of likely N-dealkylation sites (N-methyl/N-ethyl adjacent to an activating group) is 1. The Labute approximate surface area is 111 Å². The molecular formula is C13H30N4O. The van der Waals surface area contributed by atoms with E-state index in [0.717, 1.165) is 25.8 Å². The van der Waals surface area contributed by atoms with Crippen molar-refractivity contribution in [3.8, 4) is 0 Å². The van der Waals surface area contributed by atoms with Gasteiger partial charge in [-0.1, -0.05) is 13.8 Å². The van der Waals surface area contributed by atoms with Gasteiger partial charge in [0.05, 0.1) is 6.04 Å². The van der Waals surface area contributed by atoms with Crippen molar-refractivity contribution in [3.05, 3.63) is 0 Å². The molecule has 0 bridgehead atoms. The highest BCUT2D eigenvalue weighted by atomic mass is 16.2.